The second-order valence-corrected chi connectivity index (χ2v) is 6.04. The Kier molecular flexibility index (Phi) is 5.31. The number of rotatable bonds is 5. The van der Waals surface area contributed by atoms with Crippen LogP contribution in [0.1, 0.15) is 33.4 Å². The highest BCUT2D eigenvalue weighted by molar-refractivity contribution is 5.95. The molecule has 3 atom stereocenters. The number of carbonyl (C=O) groups is 3. The maximum atomic E-state index is 11.4. The third-order valence-electron chi connectivity index (χ3n) is 3.91. The Morgan fingerprint density at radius 3 is 2.67 bits per heavy atom. The zero-order chi connectivity index (χ0) is 19.6. The summed E-state index contributed by atoms with van der Waals surface area (Å²) in [6.07, 6.45) is 1.41. The minimum absolute atomic E-state index is 0.0392. The third kappa shape index (κ3) is 4.19. The number of fused-ring (bicyclic) bond motifs is 1. The van der Waals surface area contributed by atoms with Crippen molar-refractivity contribution in [3.63, 3.8) is 0 Å². The second-order valence-electron chi connectivity index (χ2n) is 6.04. The molecular formula is C16H19N5O6. The number of carbonyl (C=O) groups excluding carboxylic acids is 3. The van der Waals surface area contributed by atoms with E-state index in [-0.39, 0.29) is 18.3 Å². The maximum Gasteiger partial charge on any atom is 0.303 e. The van der Waals surface area contributed by atoms with E-state index in [0.717, 1.165) is 0 Å². The first-order chi connectivity index (χ1) is 12.8. The van der Waals surface area contributed by atoms with Crippen LogP contribution in [-0.4, -0.2) is 56.2 Å². The van der Waals surface area contributed by atoms with Gasteiger partial charge in [-0.05, 0) is 0 Å². The first-order valence-corrected chi connectivity index (χ1v) is 8.26. The van der Waals surface area contributed by atoms with E-state index < -0.39 is 30.4 Å². The molecule has 0 saturated carbocycles. The van der Waals surface area contributed by atoms with E-state index in [1.54, 1.807) is 4.57 Å². The van der Waals surface area contributed by atoms with E-state index in [1.165, 1.54) is 33.4 Å². The molecule has 1 fully saturated rings. The van der Waals surface area contributed by atoms with Gasteiger partial charge in [-0.1, -0.05) is 0 Å². The lowest BCUT2D eigenvalue weighted by Crippen LogP contribution is -2.31. The Bertz CT molecular complexity index is 881. The van der Waals surface area contributed by atoms with Crippen LogP contribution in [0.15, 0.2) is 12.7 Å². The average molecular weight is 377 g/mol. The molecule has 3 heterocycles. The molecule has 0 spiro atoms. The summed E-state index contributed by atoms with van der Waals surface area (Å²) in [7, 11) is 0. The molecule has 11 nitrogen and oxygen atoms in total. The Labute approximate surface area is 154 Å². The van der Waals surface area contributed by atoms with Gasteiger partial charge in [0.25, 0.3) is 0 Å². The molecule has 1 aliphatic rings. The Morgan fingerprint density at radius 1 is 1.22 bits per heavy atom. The van der Waals surface area contributed by atoms with Gasteiger partial charge in [-0.15, -0.1) is 0 Å². The van der Waals surface area contributed by atoms with Gasteiger partial charge in [0.2, 0.25) is 5.91 Å². The number of anilines is 1. The fraction of sp³-hybridized carbons (Fsp3) is 0.500. The molecule has 27 heavy (non-hydrogen) atoms. The van der Waals surface area contributed by atoms with Gasteiger partial charge in [-0.25, -0.2) is 15.0 Å². The molecule has 1 N–H and O–H groups in total. The summed E-state index contributed by atoms with van der Waals surface area (Å²) in [6.45, 7) is 3.92. The number of hydrogen-bond acceptors (Lipinski definition) is 9. The van der Waals surface area contributed by atoms with E-state index in [4.69, 9.17) is 14.2 Å². The van der Waals surface area contributed by atoms with Crippen LogP contribution in [0, 0.1) is 0 Å². The quantitative estimate of drug-likeness (QED) is 0.742. The number of imidazole rings is 1. The van der Waals surface area contributed by atoms with E-state index in [0.29, 0.717) is 17.6 Å². The monoisotopic (exact) mass is 377 g/mol. The fourth-order valence-electron chi connectivity index (χ4n) is 2.88. The van der Waals surface area contributed by atoms with Gasteiger partial charge < -0.3 is 19.5 Å². The molecule has 2 aromatic rings. The summed E-state index contributed by atoms with van der Waals surface area (Å²) in [4.78, 5) is 46.2. The van der Waals surface area contributed by atoms with Gasteiger partial charge in [0.1, 0.15) is 31.4 Å². The first-order valence-electron chi connectivity index (χ1n) is 8.26. The Hall–Kier alpha value is -3.08. The molecule has 0 unspecified atom stereocenters. The van der Waals surface area contributed by atoms with Crippen molar-refractivity contribution < 1.29 is 28.6 Å². The molecule has 0 aromatic carbocycles. The highest BCUT2D eigenvalue weighted by atomic mass is 16.6. The molecule has 11 heteroatoms. The standard InChI is InChI=1S/C16H19N5O6/c1-8(22)20-15-14-16(18-6-17-15)21(7-19-14)13-4-11(26-10(3)24)12(27-13)5-25-9(2)23/h6-7,11-13H,4-5H2,1-3H3,(H,17,18,20,22)/t11-,12+,13-/m1/s1. The van der Waals surface area contributed by atoms with Crippen molar-refractivity contribution in [2.45, 2.75) is 45.6 Å². The molecule has 0 bridgehead atoms. The van der Waals surface area contributed by atoms with Crippen molar-refractivity contribution in [1.82, 2.24) is 19.5 Å². The topological polar surface area (TPSA) is 135 Å². The van der Waals surface area contributed by atoms with Crippen molar-refractivity contribution in [2.24, 2.45) is 0 Å². The van der Waals surface area contributed by atoms with Crippen molar-refractivity contribution in [1.29, 1.82) is 0 Å². The van der Waals surface area contributed by atoms with E-state index in [9.17, 15) is 14.4 Å². The maximum absolute atomic E-state index is 11.4. The molecule has 1 saturated heterocycles. The highest BCUT2D eigenvalue weighted by Crippen LogP contribution is 2.33. The number of nitrogens with zero attached hydrogens (tertiary/aromatic N) is 4. The SMILES string of the molecule is CC(=O)Nc1ncnc2c1ncn2[C@H]1C[C@@H](OC(C)=O)[C@H](COC(C)=O)O1. The largest absolute Gasteiger partial charge is 0.463 e. The predicted octanol–water partition coefficient (Wildman–Crippen LogP) is 0.567. The summed E-state index contributed by atoms with van der Waals surface area (Å²) >= 11 is 0. The minimum atomic E-state index is -0.614. The number of nitrogens with one attached hydrogen (secondary N) is 1. The zero-order valence-electron chi connectivity index (χ0n) is 15.0. The minimum Gasteiger partial charge on any atom is -0.463 e. The van der Waals surface area contributed by atoms with Crippen LogP contribution >= 0.6 is 0 Å². The molecule has 1 aliphatic heterocycles. The number of esters is 2. The Balaban J connectivity index is 1.86. The van der Waals surface area contributed by atoms with Crippen LogP contribution in [-0.2, 0) is 28.6 Å². The lowest BCUT2D eigenvalue weighted by Gasteiger charge is -2.17. The Morgan fingerprint density at radius 2 is 2.00 bits per heavy atom. The van der Waals surface area contributed by atoms with Gasteiger partial charge in [0.15, 0.2) is 17.0 Å². The smallest absolute Gasteiger partial charge is 0.303 e. The highest BCUT2D eigenvalue weighted by Gasteiger charge is 2.40. The van der Waals surface area contributed by atoms with E-state index in [1.807, 2.05) is 0 Å². The number of hydrogen-bond donors (Lipinski definition) is 1. The molecule has 0 radical (unpaired) electrons. The van der Waals surface area contributed by atoms with Crippen LogP contribution in [0.5, 0.6) is 0 Å². The summed E-state index contributed by atoms with van der Waals surface area (Å²) in [5.74, 6) is -0.900. The molecule has 2 aromatic heterocycles. The van der Waals surface area contributed by atoms with Crippen molar-refractivity contribution in [3.8, 4) is 0 Å². The van der Waals surface area contributed by atoms with Crippen LogP contribution in [0.2, 0.25) is 0 Å². The van der Waals surface area contributed by atoms with E-state index in [2.05, 4.69) is 20.3 Å². The predicted molar refractivity (Wildman–Crippen MR) is 90.3 cm³/mol. The van der Waals surface area contributed by atoms with Crippen LogP contribution in [0.4, 0.5) is 5.82 Å². The van der Waals surface area contributed by atoms with Gasteiger partial charge >= 0.3 is 11.9 Å². The van der Waals surface area contributed by atoms with Gasteiger partial charge in [0, 0.05) is 27.2 Å². The van der Waals surface area contributed by atoms with Crippen molar-refractivity contribution >= 4 is 34.8 Å². The number of aromatic nitrogens is 4. The first kappa shape index (κ1) is 18.7. The van der Waals surface area contributed by atoms with Crippen molar-refractivity contribution in [2.75, 3.05) is 11.9 Å². The summed E-state index contributed by atoms with van der Waals surface area (Å²) in [5.41, 5.74) is 0.859. The van der Waals surface area contributed by atoms with Crippen molar-refractivity contribution in [3.05, 3.63) is 12.7 Å². The molecule has 0 aliphatic carbocycles. The second kappa shape index (κ2) is 7.66. The summed E-state index contributed by atoms with van der Waals surface area (Å²) in [6, 6.07) is 0. The zero-order valence-corrected chi connectivity index (χ0v) is 15.0. The molecular weight excluding hydrogens is 358 g/mol. The number of amides is 1. The summed E-state index contributed by atoms with van der Waals surface area (Å²) < 4.78 is 17.9. The van der Waals surface area contributed by atoms with Gasteiger partial charge in [-0.3, -0.25) is 19.0 Å². The third-order valence-corrected chi connectivity index (χ3v) is 3.91. The lowest BCUT2D eigenvalue weighted by atomic mass is 10.2. The lowest BCUT2D eigenvalue weighted by molar-refractivity contribution is -0.155. The number of ether oxygens (including phenoxy) is 3. The summed E-state index contributed by atoms with van der Waals surface area (Å²) in [5, 5.41) is 2.59. The van der Waals surface area contributed by atoms with Crippen LogP contribution < -0.4 is 5.32 Å². The average Bonchev–Trinajstić information content (AvgIpc) is 3.16. The molecule has 1 amide bonds. The molecule has 144 valence electrons. The van der Waals surface area contributed by atoms with Crippen LogP contribution in [0.25, 0.3) is 11.2 Å². The van der Waals surface area contributed by atoms with Gasteiger partial charge in [-0.2, -0.15) is 0 Å². The van der Waals surface area contributed by atoms with Gasteiger partial charge in [0.05, 0.1) is 6.33 Å². The normalized spacial score (nSPS) is 21.8. The molecule has 3 rings (SSSR count). The van der Waals surface area contributed by atoms with Crippen LogP contribution in [0.3, 0.4) is 0 Å². The fourth-order valence-corrected chi connectivity index (χ4v) is 2.88. The van der Waals surface area contributed by atoms with E-state index >= 15 is 0 Å².